The predicted molar refractivity (Wildman–Crippen MR) is 96.0 cm³/mol. The highest BCUT2D eigenvalue weighted by molar-refractivity contribution is 7.95. The molecule has 0 unspecified atom stereocenters. The molecule has 4 nitrogen and oxygen atoms in total. The van der Waals surface area contributed by atoms with Crippen molar-refractivity contribution in [3.63, 3.8) is 0 Å². The summed E-state index contributed by atoms with van der Waals surface area (Å²) in [6, 6.07) is 16.6. The third kappa shape index (κ3) is 4.71. The second kappa shape index (κ2) is 8.15. The van der Waals surface area contributed by atoms with E-state index < -0.39 is 25.3 Å². The van der Waals surface area contributed by atoms with E-state index in [0.29, 0.717) is 0 Å². The number of hydrogen-bond acceptors (Lipinski definition) is 3. The van der Waals surface area contributed by atoms with Gasteiger partial charge in [0.2, 0.25) is 15.7 Å². The highest BCUT2D eigenvalue weighted by Crippen LogP contribution is 2.24. The zero-order chi connectivity index (χ0) is 17.6. The summed E-state index contributed by atoms with van der Waals surface area (Å²) < 4.78 is 24.5. The maximum Gasteiger partial charge on any atom is 0.248 e. The lowest BCUT2D eigenvalue weighted by atomic mass is 10.2. The Kier molecular flexibility index (Phi) is 6.20. The number of amides is 1. The molecule has 0 fully saturated rings. The van der Waals surface area contributed by atoms with Crippen molar-refractivity contribution in [3.05, 3.63) is 81.8 Å². The number of benzene rings is 2. The number of hydrogen-bond donors (Lipinski definition) is 1. The van der Waals surface area contributed by atoms with Crippen LogP contribution in [0.2, 0.25) is 0 Å². The van der Waals surface area contributed by atoms with Gasteiger partial charge in [0.15, 0.2) is 5.03 Å². The van der Waals surface area contributed by atoms with Gasteiger partial charge in [-0.05, 0) is 23.8 Å². The Bertz CT molecular complexity index is 873. The lowest BCUT2D eigenvalue weighted by molar-refractivity contribution is -0.115. The van der Waals surface area contributed by atoms with Crippen LogP contribution in [0.3, 0.4) is 0 Å². The minimum Gasteiger partial charge on any atom is -0.311 e. The highest BCUT2D eigenvalue weighted by atomic mass is 35.5. The Labute approximate surface area is 150 Å². The van der Waals surface area contributed by atoms with Gasteiger partial charge in [0, 0.05) is 6.08 Å². The van der Waals surface area contributed by atoms with Gasteiger partial charge in [-0.2, -0.15) is 0 Å². The van der Waals surface area contributed by atoms with Crippen molar-refractivity contribution in [2.45, 2.75) is 4.90 Å². The SMILES string of the molecule is O=C(/C=C/c1ccccc1)NC(=C(Cl)Cl)S(=O)(=O)c1ccccc1. The molecule has 1 amide bonds. The Hall–Kier alpha value is -2.08. The highest BCUT2D eigenvalue weighted by Gasteiger charge is 2.24. The molecule has 0 radical (unpaired) electrons. The van der Waals surface area contributed by atoms with E-state index in [1.165, 1.54) is 18.2 Å². The summed E-state index contributed by atoms with van der Waals surface area (Å²) in [6.45, 7) is 0. The fourth-order valence-corrected chi connectivity index (χ4v) is 3.72. The van der Waals surface area contributed by atoms with E-state index in [0.717, 1.165) is 5.56 Å². The largest absolute Gasteiger partial charge is 0.311 e. The monoisotopic (exact) mass is 381 g/mol. The molecule has 0 aromatic heterocycles. The quantitative estimate of drug-likeness (QED) is 0.798. The molecule has 24 heavy (non-hydrogen) atoms. The number of nitrogens with one attached hydrogen (secondary N) is 1. The first-order chi connectivity index (χ1) is 11.4. The molecule has 0 aliphatic rings. The third-order valence-electron chi connectivity index (χ3n) is 2.96. The molecule has 0 heterocycles. The van der Waals surface area contributed by atoms with Crippen LogP contribution in [0.1, 0.15) is 5.56 Å². The lowest BCUT2D eigenvalue weighted by Crippen LogP contribution is -2.26. The van der Waals surface area contributed by atoms with Crippen LogP contribution in [0, 0.1) is 0 Å². The molecule has 0 atom stereocenters. The van der Waals surface area contributed by atoms with E-state index in [2.05, 4.69) is 5.32 Å². The summed E-state index contributed by atoms with van der Waals surface area (Å²) in [6.07, 6.45) is 2.75. The summed E-state index contributed by atoms with van der Waals surface area (Å²) in [5.74, 6) is -0.660. The fourth-order valence-electron chi connectivity index (χ4n) is 1.82. The zero-order valence-electron chi connectivity index (χ0n) is 12.3. The summed E-state index contributed by atoms with van der Waals surface area (Å²) in [5, 5.41) is 1.67. The molecule has 2 aromatic rings. The van der Waals surface area contributed by atoms with Crippen LogP contribution in [-0.2, 0) is 14.6 Å². The van der Waals surface area contributed by atoms with Crippen LogP contribution in [-0.4, -0.2) is 14.3 Å². The summed E-state index contributed by atoms with van der Waals surface area (Å²) in [5.41, 5.74) is 0.793. The van der Waals surface area contributed by atoms with Gasteiger partial charge in [0.1, 0.15) is 4.49 Å². The molecule has 0 aliphatic carbocycles. The van der Waals surface area contributed by atoms with Gasteiger partial charge < -0.3 is 5.32 Å². The van der Waals surface area contributed by atoms with Crippen molar-refractivity contribution in [1.82, 2.24) is 5.32 Å². The topological polar surface area (TPSA) is 63.2 Å². The van der Waals surface area contributed by atoms with E-state index in [9.17, 15) is 13.2 Å². The van der Waals surface area contributed by atoms with Gasteiger partial charge in [0.25, 0.3) is 0 Å². The van der Waals surface area contributed by atoms with Crippen molar-refractivity contribution < 1.29 is 13.2 Å². The predicted octanol–water partition coefficient (Wildman–Crippen LogP) is 3.89. The minimum atomic E-state index is -4.03. The van der Waals surface area contributed by atoms with Gasteiger partial charge in [-0.3, -0.25) is 4.79 Å². The van der Waals surface area contributed by atoms with Gasteiger partial charge in [-0.1, -0.05) is 71.7 Å². The van der Waals surface area contributed by atoms with Crippen LogP contribution in [0.5, 0.6) is 0 Å². The molecule has 2 rings (SSSR count). The van der Waals surface area contributed by atoms with Crippen molar-refractivity contribution in [3.8, 4) is 0 Å². The summed E-state index contributed by atoms with van der Waals surface area (Å²) in [7, 11) is -4.03. The molecular formula is C17H13Cl2NO3S. The molecule has 0 bridgehead atoms. The normalized spacial score (nSPS) is 11.2. The molecule has 124 valence electrons. The molecular weight excluding hydrogens is 369 g/mol. The van der Waals surface area contributed by atoms with E-state index in [1.54, 1.807) is 36.4 Å². The maximum absolute atomic E-state index is 12.5. The van der Waals surface area contributed by atoms with Crippen molar-refractivity contribution in [1.29, 1.82) is 0 Å². The summed E-state index contributed by atoms with van der Waals surface area (Å²) >= 11 is 11.3. The second-order valence-electron chi connectivity index (χ2n) is 4.64. The number of halogens is 2. The average Bonchev–Trinajstić information content (AvgIpc) is 2.59. The Morgan fingerprint density at radius 3 is 2.00 bits per heavy atom. The van der Waals surface area contributed by atoms with Gasteiger partial charge in [-0.25, -0.2) is 8.42 Å². The van der Waals surface area contributed by atoms with Crippen LogP contribution in [0.25, 0.3) is 6.08 Å². The molecule has 0 aliphatic heterocycles. The molecule has 0 saturated heterocycles. The van der Waals surface area contributed by atoms with Crippen LogP contribution in [0.4, 0.5) is 0 Å². The first-order valence-corrected chi connectivity index (χ1v) is 9.04. The smallest absolute Gasteiger partial charge is 0.248 e. The zero-order valence-corrected chi connectivity index (χ0v) is 14.6. The van der Waals surface area contributed by atoms with Crippen LogP contribution >= 0.6 is 23.2 Å². The number of carbonyl (C=O) groups excluding carboxylic acids is 1. The number of carbonyl (C=O) groups is 1. The van der Waals surface area contributed by atoms with E-state index in [1.807, 2.05) is 18.2 Å². The molecule has 0 spiro atoms. The standard InChI is InChI=1S/C17H13Cl2NO3S/c18-16(19)17(24(22,23)14-9-5-2-6-10-14)20-15(21)12-11-13-7-3-1-4-8-13/h1-12H,(H,20,21)/b12-11+. The Morgan fingerprint density at radius 2 is 1.46 bits per heavy atom. The molecule has 2 aromatic carbocycles. The molecule has 1 N–H and O–H groups in total. The van der Waals surface area contributed by atoms with Gasteiger partial charge >= 0.3 is 0 Å². The van der Waals surface area contributed by atoms with Gasteiger partial charge in [0.05, 0.1) is 4.90 Å². The molecule has 7 heteroatoms. The number of rotatable bonds is 5. The Balaban J connectivity index is 2.23. The minimum absolute atomic E-state index is 0.0221. The van der Waals surface area contributed by atoms with Crippen molar-refractivity contribution >= 4 is 45.0 Å². The van der Waals surface area contributed by atoms with E-state index >= 15 is 0 Å². The van der Waals surface area contributed by atoms with E-state index in [4.69, 9.17) is 23.2 Å². The average molecular weight is 382 g/mol. The van der Waals surface area contributed by atoms with E-state index in [-0.39, 0.29) is 4.90 Å². The Morgan fingerprint density at radius 1 is 0.917 bits per heavy atom. The molecule has 0 saturated carbocycles. The first kappa shape index (κ1) is 18.3. The van der Waals surface area contributed by atoms with Crippen LogP contribution in [0.15, 0.2) is 81.2 Å². The fraction of sp³-hybridized carbons (Fsp3) is 0. The van der Waals surface area contributed by atoms with Crippen molar-refractivity contribution in [2.75, 3.05) is 0 Å². The lowest BCUT2D eigenvalue weighted by Gasteiger charge is -2.10. The third-order valence-corrected chi connectivity index (χ3v) is 5.30. The van der Waals surface area contributed by atoms with Gasteiger partial charge in [-0.15, -0.1) is 0 Å². The van der Waals surface area contributed by atoms with Crippen molar-refractivity contribution in [2.24, 2.45) is 0 Å². The number of sulfone groups is 1. The maximum atomic E-state index is 12.5. The first-order valence-electron chi connectivity index (χ1n) is 6.81. The van der Waals surface area contributed by atoms with Crippen LogP contribution < -0.4 is 5.32 Å². The second-order valence-corrected chi connectivity index (χ2v) is 7.48. The summed E-state index contributed by atoms with van der Waals surface area (Å²) in [4.78, 5) is 12.0.